The molecule has 1 N–H and O–H groups in total. The Hall–Kier alpha value is -2.93. The van der Waals surface area contributed by atoms with Gasteiger partial charge in [0.25, 0.3) is 10.0 Å². The Morgan fingerprint density at radius 2 is 1.74 bits per heavy atom. The maximum atomic E-state index is 13.6. The Balaban J connectivity index is 1.47. The molecule has 3 aliphatic rings. The summed E-state index contributed by atoms with van der Waals surface area (Å²) >= 11 is 0. The van der Waals surface area contributed by atoms with Crippen LogP contribution in [0.25, 0.3) is 11.3 Å². The molecule has 4 bridgehead atoms. The van der Waals surface area contributed by atoms with Crippen LogP contribution in [0.5, 0.6) is 5.88 Å². The molecule has 0 saturated heterocycles. The normalized spacial score (nSPS) is 23.5. The van der Waals surface area contributed by atoms with Gasteiger partial charge >= 0.3 is 0 Å². The third-order valence-electron chi connectivity index (χ3n) is 8.80. The maximum Gasteiger partial charge on any atom is 0.264 e. The average molecular weight is 532 g/mol. The average Bonchev–Trinajstić information content (AvgIpc) is 3.63. The van der Waals surface area contributed by atoms with E-state index in [1.165, 1.54) is 25.7 Å². The molecule has 2 aliphatic carbocycles. The topological polar surface area (TPSA) is 81.2 Å². The molecule has 2 atom stereocenters. The molecule has 3 aromatic rings. The maximum absolute atomic E-state index is 13.6. The van der Waals surface area contributed by atoms with Crippen LogP contribution in [0.3, 0.4) is 0 Å². The summed E-state index contributed by atoms with van der Waals surface area (Å²) in [6.45, 7) is 9.11. The van der Waals surface area contributed by atoms with Crippen molar-refractivity contribution in [1.29, 1.82) is 0 Å². The van der Waals surface area contributed by atoms with Crippen molar-refractivity contribution in [2.75, 3.05) is 11.3 Å². The minimum atomic E-state index is -3.89. The number of benzene rings is 2. The van der Waals surface area contributed by atoms with Gasteiger partial charge in [0.2, 0.25) is 11.8 Å². The fourth-order valence-corrected chi connectivity index (χ4v) is 7.89. The van der Waals surface area contributed by atoms with Crippen LogP contribution in [0.4, 0.5) is 5.95 Å². The number of fused-ring (bicyclic) bond motifs is 4. The predicted molar refractivity (Wildman–Crippen MR) is 150 cm³/mol. The largest absolute Gasteiger partial charge is 0.477 e. The van der Waals surface area contributed by atoms with E-state index in [1.807, 2.05) is 50.2 Å². The zero-order valence-electron chi connectivity index (χ0n) is 22.7. The van der Waals surface area contributed by atoms with E-state index in [0.717, 1.165) is 28.7 Å². The lowest BCUT2D eigenvalue weighted by Gasteiger charge is -2.45. The first kappa shape index (κ1) is 25.4. The van der Waals surface area contributed by atoms with Gasteiger partial charge in [-0.1, -0.05) is 44.2 Å². The Kier molecular flexibility index (Phi) is 6.25. The minimum absolute atomic E-state index is 0.0257. The van der Waals surface area contributed by atoms with Crippen LogP contribution in [-0.2, 0) is 10.0 Å². The van der Waals surface area contributed by atoms with Gasteiger partial charge in [-0.25, -0.2) is 18.1 Å². The molecule has 6 rings (SSSR count). The van der Waals surface area contributed by atoms with Gasteiger partial charge in [0.1, 0.15) is 0 Å². The molecule has 2 heterocycles. The summed E-state index contributed by atoms with van der Waals surface area (Å²) in [5.41, 5.74) is 5.41. The van der Waals surface area contributed by atoms with Gasteiger partial charge < -0.3 is 4.74 Å². The van der Waals surface area contributed by atoms with Crippen LogP contribution in [0, 0.1) is 37.0 Å². The second-order valence-electron chi connectivity index (χ2n) is 12.3. The number of aromatic nitrogens is 2. The van der Waals surface area contributed by atoms with E-state index in [-0.39, 0.29) is 22.7 Å². The molecule has 1 aliphatic heterocycles. The number of anilines is 1. The summed E-state index contributed by atoms with van der Waals surface area (Å²) in [5, 5.41) is 0. The Morgan fingerprint density at radius 1 is 1.03 bits per heavy atom. The summed E-state index contributed by atoms with van der Waals surface area (Å²) in [7, 11) is -3.89. The molecule has 1 unspecified atom stereocenters. The van der Waals surface area contributed by atoms with Crippen LogP contribution < -0.4 is 9.46 Å². The molecule has 6 nitrogen and oxygen atoms in total. The van der Waals surface area contributed by atoms with Gasteiger partial charge in [-0.15, -0.1) is 0 Å². The first-order valence-corrected chi connectivity index (χ1v) is 15.3. The number of aryl methyl sites for hydroxylation is 2. The summed E-state index contributed by atoms with van der Waals surface area (Å²) in [5.74, 6) is 1.97. The zero-order valence-corrected chi connectivity index (χ0v) is 23.5. The second-order valence-corrected chi connectivity index (χ2v) is 13.9. The molecule has 1 aromatic heterocycles. The van der Waals surface area contributed by atoms with Crippen LogP contribution in [0.1, 0.15) is 68.6 Å². The fraction of sp³-hybridized carbons (Fsp3) is 0.484. The molecule has 38 heavy (non-hydrogen) atoms. The molecule has 200 valence electrons. The predicted octanol–water partition coefficient (Wildman–Crippen LogP) is 6.89. The van der Waals surface area contributed by atoms with Crippen molar-refractivity contribution in [1.82, 2.24) is 9.97 Å². The quantitative estimate of drug-likeness (QED) is 0.396. The van der Waals surface area contributed by atoms with Gasteiger partial charge in [-0.05, 0) is 97.9 Å². The summed E-state index contributed by atoms with van der Waals surface area (Å²) < 4.78 is 36.2. The lowest BCUT2D eigenvalue weighted by molar-refractivity contribution is 0.0809. The molecule has 1 spiro atoms. The molecular weight excluding hydrogens is 494 g/mol. The number of nitrogens with zero attached hydrogens (tertiary/aromatic N) is 2. The molecule has 7 heteroatoms. The Labute approximate surface area is 226 Å². The first-order valence-electron chi connectivity index (χ1n) is 13.8. The van der Waals surface area contributed by atoms with Crippen molar-refractivity contribution in [3.63, 3.8) is 0 Å². The van der Waals surface area contributed by atoms with E-state index in [1.54, 1.807) is 6.07 Å². The molecule has 2 fully saturated rings. The monoisotopic (exact) mass is 531 g/mol. The van der Waals surface area contributed by atoms with Gasteiger partial charge in [-0.2, -0.15) is 4.98 Å². The lowest BCUT2D eigenvalue weighted by Crippen LogP contribution is -2.36. The van der Waals surface area contributed by atoms with E-state index in [0.29, 0.717) is 35.4 Å². The van der Waals surface area contributed by atoms with Crippen LogP contribution in [0.2, 0.25) is 0 Å². The zero-order chi connectivity index (χ0) is 26.7. The highest BCUT2D eigenvalue weighted by molar-refractivity contribution is 7.92. The summed E-state index contributed by atoms with van der Waals surface area (Å²) in [4.78, 5) is 9.40. The van der Waals surface area contributed by atoms with Crippen LogP contribution in [0.15, 0.2) is 53.4 Å². The van der Waals surface area contributed by atoms with E-state index in [9.17, 15) is 8.42 Å². The van der Waals surface area contributed by atoms with E-state index in [2.05, 4.69) is 34.6 Å². The standard InChI is InChI=1S/C31H37N3O3S/c1-19(2)13-23-18-37-27-15-26(28-20(3)7-5-8-21(28)4)32-30(33-27)34-38(35,36)25-10-6-9-22(14-25)29(23)24-16-31(17-24)11-12-31/h5-10,14-15,19,23-24,29H,11-13,16-18H2,1-4H3,(H,32,33,34)/t23-,29?/m0/s1. The van der Waals surface area contributed by atoms with Crippen molar-refractivity contribution in [3.8, 4) is 17.1 Å². The Bertz CT molecular complexity index is 1450. The SMILES string of the molecule is Cc1cccc(C)c1-c1cc2nc(n1)NS(=O)(=O)c1cccc(c1)C(C1CC3(CC3)C1)[C@@H](CC(C)C)CO2. The number of hydrogen-bond donors (Lipinski definition) is 1. The van der Waals surface area contributed by atoms with E-state index in [4.69, 9.17) is 4.74 Å². The number of sulfonamides is 1. The molecule has 2 aromatic carbocycles. The number of nitrogens with one attached hydrogen (secondary N) is 1. The van der Waals surface area contributed by atoms with Crippen molar-refractivity contribution < 1.29 is 13.2 Å². The highest BCUT2D eigenvalue weighted by Gasteiger charge is 2.55. The highest BCUT2D eigenvalue weighted by Crippen LogP contribution is 2.67. The number of ether oxygens (including phenoxy) is 1. The summed E-state index contributed by atoms with van der Waals surface area (Å²) in [6.07, 6.45) is 6.15. The fourth-order valence-electron chi connectivity index (χ4n) is 6.90. The molecule has 0 amide bonds. The van der Waals surface area contributed by atoms with Gasteiger partial charge in [-0.3, -0.25) is 0 Å². The number of rotatable bonds is 4. The first-order chi connectivity index (χ1) is 18.1. The van der Waals surface area contributed by atoms with Gasteiger partial charge in [0.05, 0.1) is 17.2 Å². The second kappa shape index (κ2) is 9.37. The number of hydrogen-bond acceptors (Lipinski definition) is 5. The Morgan fingerprint density at radius 3 is 2.42 bits per heavy atom. The third-order valence-corrected chi connectivity index (χ3v) is 10.1. The van der Waals surface area contributed by atoms with Crippen LogP contribution >= 0.6 is 0 Å². The van der Waals surface area contributed by atoms with Gasteiger partial charge in [0.15, 0.2) is 0 Å². The van der Waals surface area contributed by atoms with E-state index >= 15 is 0 Å². The van der Waals surface area contributed by atoms with Crippen molar-refractivity contribution in [2.24, 2.45) is 23.2 Å². The smallest absolute Gasteiger partial charge is 0.264 e. The van der Waals surface area contributed by atoms with Crippen molar-refractivity contribution in [3.05, 3.63) is 65.2 Å². The van der Waals surface area contributed by atoms with Crippen molar-refractivity contribution in [2.45, 2.75) is 70.6 Å². The summed E-state index contributed by atoms with van der Waals surface area (Å²) in [6, 6.07) is 15.5. The molecule has 2 saturated carbocycles. The lowest BCUT2D eigenvalue weighted by atomic mass is 9.60. The third kappa shape index (κ3) is 4.81. The van der Waals surface area contributed by atoms with Crippen molar-refractivity contribution >= 4 is 16.0 Å². The van der Waals surface area contributed by atoms with Crippen LogP contribution in [-0.4, -0.2) is 25.0 Å². The minimum Gasteiger partial charge on any atom is -0.477 e. The van der Waals surface area contributed by atoms with E-state index < -0.39 is 10.0 Å². The molecule has 0 radical (unpaired) electrons. The van der Waals surface area contributed by atoms with Gasteiger partial charge in [0, 0.05) is 17.5 Å². The molecular formula is C31H37N3O3S. The highest BCUT2D eigenvalue weighted by atomic mass is 32.2.